The number of aliphatic hydroxyl groups is 1. The number of nitrogens with one attached hydrogen (secondary N) is 1. The van der Waals surface area contributed by atoms with Gasteiger partial charge in [0.05, 0.1) is 18.4 Å². The Morgan fingerprint density at radius 1 is 1.03 bits per heavy atom. The molecule has 0 aromatic heterocycles. The molecular formula is C29H36N2O5. The molecule has 192 valence electrons. The van der Waals surface area contributed by atoms with Gasteiger partial charge in [-0.2, -0.15) is 0 Å². The molecule has 7 nitrogen and oxygen atoms in total. The molecule has 5 atom stereocenters. The summed E-state index contributed by atoms with van der Waals surface area (Å²) in [5, 5.41) is 14.2. The number of benzene rings is 2. The number of aliphatic hydroxyl groups excluding tert-OH is 1. The normalized spacial score (nSPS) is 25.1. The van der Waals surface area contributed by atoms with Crippen LogP contribution < -0.4 is 5.32 Å². The molecule has 2 aromatic carbocycles. The Hall–Kier alpha value is -3.19. The number of fused-ring (bicyclic) bond motifs is 2. The first-order chi connectivity index (χ1) is 17.5. The lowest BCUT2D eigenvalue weighted by Crippen LogP contribution is -2.44. The van der Waals surface area contributed by atoms with Crippen molar-refractivity contribution in [1.82, 2.24) is 4.90 Å². The first kappa shape index (κ1) is 25.9. The van der Waals surface area contributed by atoms with Gasteiger partial charge in [-0.05, 0) is 48.6 Å². The average molecular weight is 493 g/mol. The second-order valence-corrected chi connectivity index (χ2v) is 9.79. The maximum absolute atomic E-state index is 13.7. The summed E-state index contributed by atoms with van der Waals surface area (Å²) in [5.74, 6) is -2.56. The standard InChI is InChI=1S/C29H36N2O5/c1-3-36-29(35)24-19(2)12-15-23-25(24)28(34)31(16-8-4-5-9-17-32)26(23)27(33)30-22-14-13-20-10-6-7-11-21(20)18-22/h6-7,10-15,18-19,23-26,32H,3-5,8-9,16-17H2,1-2H3,(H,30,33)/t19-,23+,24-,25+,26+/m1/s1. The monoisotopic (exact) mass is 492 g/mol. The lowest BCUT2D eigenvalue weighted by atomic mass is 9.70. The second-order valence-electron chi connectivity index (χ2n) is 9.79. The van der Waals surface area contributed by atoms with Gasteiger partial charge in [0.2, 0.25) is 11.8 Å². The van der Waals surface area contributed by atoms with Crippen molar-refractivity contribution < 1.29 is 24.2 Å². The number of carbonyl (C=O) groups is 3. The van der Waals surface area contributed by atoms with Crippen molar-refractivity contribution in [2.24, 2.45) is 23.7 Å². The first-order valence-corrected chi connectivity index (χ1v) is 13.0. The van der Waals surface area contributed by atoms with Crippen molar-refractivity contribution in [1.29, 1.82) is 0 Å². The minimum atomic E-state index is -0.701. The largest absolute Gasteiger partial charge is 0.466 e. The summed E-state index contributed by atoms with van der Waals surface area (Å²) in [4.78, 5) is 42.0. The van der Waals surface area contributed by atoms with Crippen LogP contribution in [0.3, 0.4) is 0 Å². The van der Waals surface area contributed by atoms with Crippen LogP contribution in [0.4, 0.5) is 5.69 Å². The summed E-state index contributed by atoms with van der Waals surface area (Å²) in [6.07, 6.45) is 7.05. The fraction of sp³-hybridized carbons (Fsp3) is 0.483. The smallest absolute Gasteiger partial charge is 0.310 e. The van der Waals surface area contributed by atoms with Crippen molar-refractivity contribution in [2.75, 3.05) is 25.1 Å². The highest BCUT2D eigenvalue weighted by Crippen LogP contribution is 2.44. The summed E-state index contributed by atoms with van der Waals surface area (Å²) < 4.78 is 5.33. The highest BCUT2D eigenvalue weighted by atomic mass is 16.5. The van der Waals surface area contributed by atoms with Gasteiger partial charge in [0.25, 0.3) is 0 Å². The highest BCUT2D eigenvalue weighted by molar-refractivity contribution is 6.02. The molecule has 1 aliphatic heterocycles. The number of hydrogen-bond acceptors (Lipinski definition) is 5. The number of likely N-dealkylation sites (tertiary alicyclic amines) is 1. The van der Waals surface area contributed by atoms with Gasteiger partial charge in [0.1, 0.15) is 6.04 Å². The van der Waals surface area contributed by atoms with Crippen LogP contribution in [0, 0.1) is 23.7 Å². The van der Waals surface area contributed by atoms with E-state index >= 15 is 0 Å². The SMILES string of the molecule is CCOC(=O)[C@H]1[C@H]2C(=O)N(CCCCCCO)[C@H](C(=O)Nc3ccc4ccccc4c3)[C@H]2C=C[C@H]1C. The number of unbranched alkanes of at least 4 members (excludes halogenated alkanes) is 3. The molecule has 0 spiro atoms. The Labute approximate surface area is 212 Å². The van der Waals surface area contributed by atoms with E-state index in [0.29, 0.717) is 12.2 Å². The van der Waals surface area contributed by atoms with Crippen molar-refractivity contribution in [3.05, 3.63) is 54.6 Å². The van der Waals surface area contributed by atoms with Gasteiger partial charge in [0.15, 0.2) is 0 Å². The quantitative estimate of drug-likeness (QED) is 0.295. The van der Waals surface area contributed by atoms with Crippen LogP contribution in [0.5, 0.6) is 0 Å². The van der Waals surface area contributed by atoms with Gasteiger partial charge in [-0.3, -0.25) is 14.4 Å². The average Bonchev–Trinajstić information content (AvgIpc) is 3.15. The topological polar surface area (TPSA) is 95.9 Å². The van der Waals surface area contributed by atoms with E-state index in [4.69, 9.17) is 9.84 Å². The van der Waals surface area contributed by atoms with Crippen LogP contribution in [0.1, 0.15) is 39.5 Å². The number of nitrogens with zero attached hydrogens (tertiary/aromatic N) is 1. The molecule has 7 heteroatoms. The van der Waals surface area contributed by atoms with Crippen LogP contribution >= 0.6 is 0 Å². The first-order valence-electron chi connectivity index (χ1n) is 13.0. The summed E-state index contributed by atoms with van der Waals surface area (Å²) in [5.41, 5.74) is 0.674. The van der Waals surface area contributed by atoms with Crippen LogP contribution in [-0.2, 0) is 19.1 Å². The number of anilines is 1. The molecule has 1 saturated heterocycles. The molecule has 1 heterocycles. The van der Waals surface area contributed by atoms with E-state index in [1.54, 1.807) is 11.8 Å². The molecular weight excluding hydrogens is 456 g/mol. The van der Waals surface area contributed by atoms with Crippen molar-refractivity contribution in [3.8, 4) is 0 Å². The van der Waals surface area contributed by atoms with Crippen LogP contribution in [0.25, 0.3) is 10.8 Å². The highest BCUT2D eigenvalue weighted by Gasteiger charge is 2.56. The third-order valence-electron chi connectivity index (χ3n) is 7.43. The molecule has 4 rings (SSSR count). The number of hydrogen-bond donors (Lipinski definition) is 2. The van der Waals surface area contributed by atoms with Gasteiger partial charge >= 0.3 is 5.97 Å². The van der Waals surface area contributed by atoms with Gasteiger partial charge in [0, 0.05) is 24.8 Å². The summed E-state index contributed by atoms with van der Waals surface area (Å²) in [6, 6.07) is 13.0. The molecule has 1 aliphatic carbocycles. The lowest BCUT2D eigenvalue weighted by Gasteiger charge is -2.32. The van der Waals surface area contributed by atoms with E-state index < -0.39 is 23.8 Å². The number of ether oxygens (including phenoxy) is 1. The minimum Gasteiger partial charge on any atom is -0.466 e. The number of esters is 1. The third-order valence-corrected chi connectivity index (χ3v) is 7.43. The molecule has 2 amide bonds. The van der Waals surface area contributed by atoms with Crippen molar-refractivity contribution >= 4 is 34.2 Å². The maximum atomic E-state index is 13.7. The molecule has 0 unspecified atom stereocenters. The van der Waals surface area contributed by atoms with Gasteiger partial charge < -0.3 is 20.1 Å². The van der Waals surface area contributed by atoms with Gasteiger partial charge in [-0.1, -0.05) is 62.2 Å². The predicted octanol–water partition coefficient (Wildman–Crippen LogP) is 4.16. The Morgan fingerprint density at radius 2 is 1.78 bits per heavy atom. The lowest BCUT2D eigenvalue weighted by molar-refractivity contribution is -0.155. The van der Waals surface area contributed by atoms with Gasteiger partial charge in [-0.25, -0.2) is 0 Å². The summed E-state index contributed by atoms with van der Waals surface area (Å²) in [7, 11) is 0. The summed E-state index contributed by atoms with van der Waals surface area (Å²) in [6.45, 7) is 4.51. The number of carbonyl (C=O) groups excluding carboxylic acids is 3. The van der Waals surface area contributed by atoms with E-state index in [-0.39, 0.29) is 36.9 Å². The zero-order chi connectivity index (χ0) is 25.7. The Balaban J connectivity index is 1.60. The van der Waals surface area contributed by atoms with E-state index in [2.05, 4.69) is 5.32 Å². The number of allylic oxidation sites excluding steroid dienone is 1. The Kier molecular flexibility index (Phi) is 8.41. The molecule has 0 saturated carbocycles. The van der Waals surface area contributed by atoms with Crippen molar-refractivity contribution in [2.45, 2.75) is 45.6 Å². The molecule has 0 radical (unpaired) electrons. The number of amides is 2. The van der Waals surface area contributed by atoms with Crippen molar-refractivity contribution in [3.63, 3.8) is 0 Å². The van der Waals surface area contributed by atoms with Gasteiger partial charge in [-0.15, -0.1) is 0 Å². The second kappa shape index (κ2) is 11.7. The van der Waals surface area contributed by atoms with E-state index in [0.717, 1.165) is 36.5 Å². The molecule has 2 N–H and O–H groups in total. The van der Waals surface area contributed by atoms with Crippen LogP contribution in [0.2, 0.25) is 0 Å². The number of rotatable bonds is 10. The third kappa shape index (κ3) is 5.31. The maximum Gasteiger partial charge on any atom is 0.310 e. The Morgan fingerprint density at radius 3 is 2.53 bits per heavy atom. The zero-order valence-electron chi connectivity index (χ0n) is 21.1. The summed E-state index contributed by atoms with van der Waals surface area (Å²) >= 11 is 0. The zero-order valence-corrected chi connectivity index (χ0v) is 21.1. The minimum absolute atomic E-state index is 0.146. The predicted molar refractivity (Wildman–Crippen MR) is 139 cm³/mol. The van der Waals surface area contributed by atoms with Crippen LogP contribution in [-0.4, -0.2) is 53.6 Å². The van der Waals surface area contributed by atoms with E-state index in [9.17, 15) is 14.4 Å². The molecule has 1 fully saturated rings. The molecule has 2 aromatic rings. The fourth-order valence-corrected chi connectivity index (χ4v) is 5.66. The van der Waals surface area contributed by atoms with E-state index in [1.807, 2.05) is 61.5 Å². The van der Waals surface area contributed by atoms with Crippen LogP contribution in [0.15, 0.2) is 54.6 Å². The van der Waals surface area contributed by atoms with E-state index in [1.165, 1.54) is 0 Å². The fourth-order valence-electron chi connectivity index (χ4n) is 5.66. The molecule has 0 bridgehead atoms. The Bertz CT molecular complexity index is 1130. The molecule has 2 aliphatic rings. The molecule has 36 heavy (non-hydrogen) atoms.